The second-order valence-electron chi connectivity index (χ2n) is 20.9. The van der Waals surface area contributed by atoms with Crippen LogP contribution in [0.4, 0.5) is 0 Å². The first-order chi connectivity index (χ1) is 31.6. The fourth-order valence-corrected chi connectivity index (χ4v) is 9.84. The molecule has 5 nitrogen and oxygen atoms in total. The molecule has 64 heavy (non-hydrogen) atoms. The minimum Gasteiger partial charge on any atom is -0.394 e. The van der Waals surface area contributed by atoms with Gasteiger partial charge in [0.25, 0.3) is 0 Å². The maximum absolute atomic E-state index is 12.6. The average Bonchev–Trinajstić information content (AvgIpc) is 3.30. The number of aliphatic hydroxyl groups is 3. The largest absolute Gasteiger partial charge is 0.394 e. The van der Waals surface area contributed by atoms with E-state index in [9.17, 15) is 20.1 Å². The lowest BCUT2D eigenvalue weighted by Gasteiger charge is -2.23. The van der Waals surface area contributed by atoms with E-state index in [2.05, 4.69) is 19.2 Å². The highest BCUT2D eigenvalue weighted by atomic mass is 16.3. The van der Waals surface area contributed by atoms with Gasteiger partial charge in [-0.15, -0.1) is 0 Å². The predicted octanol–water partition coefficient (Wildman–Crippen LogP) is 18.5. The molecule has 384 valence electrons. The molecule has 5 heteroatoms. The van der Waals surface area contributed by atoms with Gasteiger partial charge in [0.15, 0.2) is 0 Å². The zero-order valence-electron chi connectivity index (χ0n) is 44.0. The molecule has 0 aliphatic carbocycles. The van der Waals surface area contributed by atoms with E-state index in [0.29, 0.717) is 12.8 Å². The van der Waals surface area contributed by atoms with Crippen molar-refractivity contribution in [3.8, 4) is 0 Å². The van der Waals surface area contributed by atoms with Crippen LogP contribution in [0.25, 0.3) is 0 Å². The first kappa shape index (κ1) is 63.4. The van der Waals surface area contributed by atoms with Crippen LogP contribution in [0.3, 0.4) is 0 Å². The van der Waals surface area contributed by atoms with Crippen LogP contribution in [0.5, 0.6) is 0 Å². The molecule has 0 radical (unpaired) electrons. The van der Waals surface area contributed by atoms with E-state index in [0.717, 1.165) is 32.1 Å². The lowest BCUT2D eigenvalue weighted by Crippen LogP contribution is -2.49. The van der Waals surface area contributed by atoms with E-state index in [1.165, 1.54) is 289 Å². The van der Waals surface area contributed by atoms with Gasteiger partial charge in [-0.2, -0.15) is 0 Å². The molecule has 0 bridgehead atoms. The van der Waals surface area contributed by atoms with Crippen molar-refractivity contribution in [2.24, 2.45) is 0 Å². The highest BCUT2D eigenvalue weighted by molar-refractivity contribution is 5.80. The molecule has 0 aliphatic rings. The Balaban J connectivity index is 3.46. The molecule has 0 aromatic heterocycles. The molecule has 4 N–H and O–H groups in total. The van der Waals surface area contributed by atoms with Gasteiger partial charge in [-0.1, -0.05) is 335 Å². The summed E-state index contributed by atoms with van der Waals surface area (Å²) in [5.74, 6) is -0.461. The normalized spacial score (nSPS) is 13.1. The molecule has 0 aromatic carbocycles. The van der Waals surface area contributed by atoms with Gasteiger partial charge in [-0.25, -0.2) is 0 Å². The molecule has 1 amide bonds. The van der Waals surface area contributed by atoms with Crippen LogP contribution in [-0.4, -0.2) is 46.1 Å². The number of rotatable bonds is 56. The van der Waals surface area contributed by atoms with Crippen LogP contribution in [0, 0.1) is 0 Å². The molecule has 0 aliphatic heterocycles. The zero-order valence-corrected chi connectivity index (χ0v) is 44.0. The van der Waals surface area contributed by atoms with Gasteiger partial charge in [0, 0.05) is 0 Å². The Morgan fingerprint density at radius 3 is 0.703 bits per heavy atom. The van der Waals surface area contributed by atoms with Gasteiger partial charge in [-0.3, -0.25) is 4.79 Å². The Bertz CT molecular complexity index is 868. The molecule has 0 saturated heterocycles. The number of amides is 1. The average molecular weight is 907 g/mol. The van der Waals surface area contributed by atoms with Crippen molar-refractivity contribution in [3.63, 3.8) is 0 Å². The minimum absolute atomic E-state index is 0.307. The quantitative estimate of drug-likeness (QED) is 0.0458. The van der Waals surface area contributed by atoms with Gasteiger partial charge in [0.1, 0.15) is 6.10 Å². The van der Waals surface area contributed by atoms with Crippen molar-refractivity contribution in [3.05, 3.63) is 0 Å². The van der Waals surface area contributed by atoms with Gasteiger partial charge in [0.05, 0.1) is 18.8 Å². The number of hydrogen-bond donors (Lipinski definition) is 4. The van der Waals surface area contributed by atoms with Crippen LogP contribution >= 0.6 is 0 Å². The minimum atomic E-state index is -1.07. The Hall–Kier alpha value is -0.650. The fourth-order valence-electron chi connectivity index (χ4n) is 9.84. The highest BCUT2D eigenvalue weighted by Crippen LogP contribution is 2.19. The van der Waals surface area contributed by atoms with Crippen LogP contribution < -0.4 is 5.32 Å². The first-order valence-electron chi connectivity index (χ1n) is 29.8. The molecule has 0 rings (SSSR count). The van der Waals surface area contributed by atoms with Crippen molar-refractivity contribution >= 4 is 5.91 Å². The molecule has 0 saturated carbocycles. The summed E-state index contributed by atoms with van der Waals surface area (Å²) in [6, 6.07) is -0.708. The van der Waals surface area contributed by atoms with E-state index in [4.69, 9.17) is 0 Å². The monoisotopic (exact) mass is 906 g/mol. The molecule has 0 aromatic rings. The SMILES string of the molecule is CCCCCCCCCCCCCCCCCCCCCCCCCCCCCCCCC(O)C(=O)NC(CO)C(O)CCCCCCCCCCCCCCCCCCCCCC. The number of hydrogen-bond acceptors (Lipinski definition) is 4. The third-order valence-corrected chi connectivity index (χ3v) is 14.5. The summed E-state index contributed by atoms with van der Waals surface area (Å²) in [6.07, 6.45) is 67.4. The number of nitrogens with one attached hydrogen (secondary N) is 1. The van der Waals surface area contributed by atoms with E-state index >= 15 is 0 Å². The maximum atomic E-state index is 12.6. The summed E-state index contributed by atoms with van der Waals surface area (Å²) in [5, 5.41) is 33.6. The van der Waals surface area contributed by atoms with Crippen LogP contribution in [-0.2, 0) is 4.79 Å². The molecule has 0 heterocycles. The molecular weight excluding hydrogens is 787 g/mol. The van der Waals surface area contributed by atoms with E-state index < -0.39 is 24.2 Å². The number of carbonyl (C=O) groups is 1. The van der Waals surface area contributed by atoms with Crippen LogP contribution in [0.2, 0.25) is 0 Å². The molecule has 3 atom stereocenters. The van der Waals surface area contributed by atoms with Gasteiger partial charge < -0.3 is 20.6 Å². The second-order valence-corrected chi connectivity index (χ2v) is 20.9. The van der Waals surface area contributed by atoms with E-state index in [-0.39, 0.29) is 6.61 Å². The van der Waals surface area contributed by atoms with Crippen LogP contribution in [0.1, 0.15) is 348 Å². The van der Waals surface area contributed by atoms with Crippen molar-refractivity contribution in [1.29, 1.82) is 0 Å². The van der Waals surface area contributed by atoms with Crippen LogP contribution in [0.15, 0.2) is 0 Å². The summed E-state index contributed by atoms with van der Waals surface area (Å²) in [6.45, 7) is 4.28. The lowest BCUT2D eigenvalue weighted by atomic mass is 10.0. The summed E-state index contributed by atoms with van der Waals surface area (Å²) in [5.41, 5.74) is 0. The molecule has 0 spiro atoms. The highest BCUT2D eigenvalue weighted by Gasteiger charge is 2.23. The zero-order chi connectivity index (χ0) is 46.5. The maximum Gasteiger partial charge on any atom is 0.249 e. The summed E-state index contributed by atoms with van der Waals surface area (Å²) in [7, 11) is 0. The van der Waals surface area contributed by atoms with Gasteiger partial charge >= 0.3 is 0 Å². The fraction of sp³-hybridized carbons (Fsp3) is 0.983. The van der Waals surface area contributed by atoms with Crippen molar-refractivity contribution in [2.45, 2.75) is 366 Å². The number of carbonyl (C=O) groups excluding carboxylic acids is 1. The van der Waals surface area contributed by atoms with Gasteiger partial charge in [-0.05, 0) is 12.8 Å². The summed E-state index contributed by atoms with van der Waals surface area (Å²) < 4.78 is 0. The Morgan fingerprint density at radius 2 is 0.500 bits per heavy atom. The first-order valence-corrected chi connectivity index (χ1v) is 29.8. The Kier molecular flexibility index (Phi) is 54.4. The van der Waals surface area contributed by atoms with E-state index in [1.54, 1.807) is 0 Å². The second kappa shape index (κ2) is 55.0. The number of unbranched alkanes of at least 4 members (excludes halogenated alkanes) is 48. The van der Waals surface area contributed by atoms with Gasteiger partial charge in [0.2, 0.25) is 5.91 Å². The molecular formula is C59H119NO4. The van der Waals surface area contributed by atoms with Crippen molar-refractivity contribution in [1.82, 2.24) is 5.32 Å². The number of aliphatic hydroxyl groups excluding tert-OH is 3. The Morgan fingerprint density at radius 1 is 0.312 bits per heavy atom. The van der Waals surface area contributed by atoms with E-state index in [1.807, 2.05) is 0 Å². The molecule has 3 unspecified atom stereocenters. The predicted molar refractivity (Wildman–Crippen MR) is 282 cm³/mol. The summed E-state index contributed by atoms with van der Waals surface area (Å²) in [4.78, 5) is 12.6. The lowest BCUT2D eigenvalue weighted by molar-refractivity contribution is -0.131. The third kappa shape index (κ3) is 49.3. The topological polar surface area (TPSA) is 89.8 Å². The van der Waals surface area contributed by atoms with Crippen molar-refractivity contribution in [2.75, 3.05) is 6.61 Å². The third-order valence-electron chi connectivity index (χ3n) is 14.5. The Labute approximate surface area is 402 Å². The smallest absolute Gasteiger partial charge is 0.249 e. The summed E-state index contributed by atoms with van der Waals surface area (Å²) >= 11 is 0. The molecule has 0 fully saturated rings. The standard InChI is InChI=1S/C59H119NO4/c1-3-5-7-9-11-13-15-17-19-21-23-25-26-27-28-29-30-31-32-33-34-36-38-40-42-44-46-48-50-52-54-58(63)59(64)60-56(55-61)57(62)53-51-49-47-45-43-41-39-37-35-24-22-20-18-16-14-12-10-8-6-4-2/h56-58,61-63H,3-55H2,1-2H3,(H,60,64). The van der Waals surface area contributed by atoms with Crippen molar-refractivity contribution < 1.29 is 20.1 Å².